The minimum atomic E-state index is 0.0824. The van der Waals surface area contributed by atoms with Crippen LogP contribution in [0.5, 0.6) is 0 Å². The Kier molecular flexibility index (Phi) is 4.57. The number of hydrogen-bond acceptors (Lipinski definition) is 6. The van der Waals surface area contributed by atoms with E-state index in [1.54, 1.807) is 11.3 Å². The highest BCUT2D eigenvalue weighted by atomic mass is 32.1. The molecule has 0 amide bonds. The lowest BCUT2D eigenvalue weighted by atomic mass is 9.73. The van der Waals surface area contributed by atoms with Crippen LogP contribution in [-0.4, -0.2) is 49.2 Å². The minimum Gasteiger partial charge on any atom is -0.377 e. The predicted octanol–water partition coefficient (Wildman–Crippen LogP) is 2.42. The normalized spacial score (nSPS) is 29.2. The third-order valence-electron chi connectivity index (χ3n) is 4.40. The van der Waals surface area contributed by atoms with Crippen molar-refractivity contribution in [1.82, 2.24) is 10.2 Å². The third-order valence-corrected chi connectivity index (χ3v) is 5.30. The molecule has 5 nitrogen and oxygen atoms in total. The van der Waals surface area contributed by atoms with Gasteiger partial charge in [-0.15, -0.1) is 16.8 Å². The summed E-state index contributed by atoms with van der Waals surface area (Å²) in [5.41, 5.74) is 0.0824. The largest absolute Gasteiger partial charge is 0.377 e. The molecular formula is C15H23N3O2S. The van der Waals surface area contributed by atoms with E-state index in [-0.39, 0.29) is 5.41 Å². The maximum Gasteiger partial charge on any atom is 0.208 e. The maximum absolute atomic E-state index is 6.04. The Balaban J connectivity index is 1.75. The van der Waals surface area contributed by atoms with Gasteiger partial charge in [0.2, 0.25) is 5.13 Å². The molecule has 2 saturated heterocycles. The topological polar surface area (TPSA) is 47.5 Å². The number of hydrogen-bond donors (Lipinski definition) is 0. The van der Waals surface area contributed by atoms with Crippen molar-refractivity contribution < 1.29 is 9.47 Å². The van der Waals surface area contributed by atoms with Crippen LogP contribution in [0.1, 0.15) is 24.3 Å². The summed E-state index contributed by atoms with van der Waals surface area (Å²) in [6.45, 7) is 9.88. The highest BCUT2D eigenvalue weighted by Gasteiger charge is 2.46. The van der Waals surface area contributed by atoms with Gasteiger partial charge in [-0.3, -0.25) is 0 Å². The molecule has 0 aromatic carbocycles. The summed E-state index contributed by atoms with van der Waals surface area (Å²) in [7, 11) is 0. The van der Waals surface area contributed by atoms with E-state index in [0.29, 0.717) is 12.7 Å². The van der Waals surface area contributed by atoms with Crippen LogP contribution >= 0.6 is 11.3 Å². The molecule has 0 radical (unpaired) electrons. The van der Waals surface area contributed by atoms with Crippen LogP contribution in [0.25, 0.3) is 0 Å². The van der Waals surface area contributed by atoms with E-state index in [1.807, 2.05) is 13.0 Å². The van der Waals surface area contributed by atoms with E-state index in [2.05, 4.69) is 21.7 Å². The third kappa shape index (κ3) is 3.12. The van der Waals surface area contributed by atoms with E-state index < -0.39 is 0 Å². The molecule has 0 saturated carbocycles. The van der Waals surface area contributed by atoms with E-state index in [1.165, 1.54) is 0 Å². The maximum atomic E-state index is 6.04. The minimum absolute atomic E-state index is 0.0824. The summed E-state index contributed by atoms with van der Waals surface area (Å²) in [6, 6.07) is 0. The fourth-order valence-electron chi connectivity index (χ4n) is 3.42. The van der Waals surface area contributed by atoms with Gasteiger partial charge in [-0.05, 0) is 26.2 Å². The number of nitrogens with zero attached hydrogens (tertiary/aromatic N) is 3. The van der Waals surface area contributed by atoms with Gasteiger partial charge in [0, 0.05) is 25.1 Å². The number of ether oxygens (including phenoxy) is 2. The Morgan fingerprint density at radius 2 is 2.48 bits per heavy atom. The Labute approximate surface area is 130 Å². The van der Waals surface area contributed by atoms with E-state index >= 15 is 0 Å². The number of aromatic nitrogens is 2. The van der Waals surface area contributed by atoms with Crippen molar-refractivity contribution in [3.8, 4) is 0 Å². The number of anilines is 1. The van der Waals surface area contributed by atoms with Crippen LogP contribution in [-0.2, 0) is 9.47 Å². The van der Waals surface area contributed by atoms with Crippen LogP contribution < -0.4 is 4.90 Å². The average Bonchev–Trinajstić information content (AvgIpc) is 2.93. The average molecular weight is 309 g/mol. The predicted molar refractivity (Wildman–Crippen MR) is 83.9 cm³/mol. The second kappa shape index (κ2) is 6.42. The highest BCUT2D eigenvalue weighted by Crippen LogP contribution is 2.42. The van der Waals surface area contributed by atoms with Crippen LogP contribution in [0.4, 0.5) is 5.13 Å². The zero-order valence-corrected chi connectivity index (χ0v) is 13.4. The van der Waals surface area contributed by atoms with Crippen LogP contribution in [0.3, 0.4) is 0 Å². The van der Waals surface area contributed by atoms with Gasteiger partial charge < -0.3 is 14.4 Å². The Morgan fingerprint density at radius 3 is 3.24 bits per heavy atom. The smallest absolute Gasteiger partial charge is 0.208 e. The molecule has 2 aliphatic rings. The second-order valence-electron chi connectivity index (χ2n) is 5.94. The fourth-order valence-corrected chi connectivity index (χ4v) is 4.14. The van der Waals surface area contributed by atoms with Crippen LogP contribution in [0.2, 0.25) is 0 Å². The van der Waals surface area contributed by atoms with Gasteiger partial charge in [0.05, 0.1) is 19.3 Å². The van der Waals surface area contributed by atoms with Crippen molar-refractivity contribution >= 4 is 16.5 Å². The molecule has 1 aromatic rings. The Hall–Kier alpha value is -0.980. The molecule has 2 atom stereocenters. The molecule has 0 unspecified atom stereocenters. The lowest BCUT2D eigenvalue weighted by Gasteiger charge is -2.50. The number of piperidine rings is 1. The lowest BCUT2D eigenvalue weighted by Crippen LogP contribution is -2.57. The summed E-state index contributed by atoms with van der Waals surface area (Å²) in [4.78, 5) is 2.35. The first-order valence-corrected chi connectivity index (χ1v) is 8.40. The molecule has 0 spiro atoms. The molecule has 0 N–H and O–H groups in total. The van der Waals surface area contributed by atoms with Gasteiger partial charge in [0.25, 0.3) is 0 Å². The van der Waals surface area contributed by atoms with Crippen LogP contribution in [0, 0.1) is 12.3 Å². The van der Waals surface area contributed by atoms with Gasteiger partial charge in [-0.2, -0.15) is 0 Å². The van der Waals surface area contributed by atoms with Crippen LogP contribution in [0.15, 0.2) is 12.7 Å². The molecule has 2 aliphatic heterocycles. The lowest BCUT2D eigenvalue weighted by molar-refractivity contribution is -0.122. The number of fused-ring (bicyclic) bond motifs is 1. The molecule has 21 heavy (non-hydrogen) atoms. The summed E-state index contributed by atoms with van der Waals surface area (Å²) in [6.07, 6.45) is 5.42. The molecule has 116 valence electrons. The summed E-state index contributed by atoms with van der Waals surface area (Å²) >= 11 is 1.67. The highest BCUT2D eigenvalue weighted by molar-refractivity contribution is 7.15. The molecule has 3 heterocycles. The molecule has 6 heteroatoms. The van der Waals surface area contributed by atoms with Crippen molar-refractivity contribution in [3.05, 3.63) is 17.7 Å². The molecular weight excluding hydrogens is 286 g/mol. The molecule has 0 bridgehead atoms. The SMILES string of the molecule is C=CCOC[C@@]12CCCO[C@H]1CCN(c1nnc(C)s1)C2. The van der Waals surface area contributed by atoms with Crippen molar-refractivity contribution in [2.24, 2.45) is 5.41 Å². The summed E-state index contributed by atoms with van der Waals surface area (Å²) < 4.78 is 11.9. The molecule has 0 aliphatic carbocycles. The Morgan fingerprint density at radius 1 is 1.57 bits per heavy atom. The van der Waals surface area contributed by atoms with Crippen molar-refractivity contribution in [2.45, 2.75) is 32.3 Å². The quantitative estimate of drug-likeness (QED) is 0.617. The van der Waals surface area contributed by atoms with Gasteiger partial charge in [0.15, 0.2) is 0 Å². The fraction of sp³-hybridized carbons (Fsp3) is 0.733. The van der Waals surface area contributed by atoms with E-state index in [9.17, 15) is 0 Å². The van der Waals surface area contributed by atoms with Gasteiger partial charge >= 0.3 is 0 Å². The van der Waals surface area contributed by atoms with E-state index in [0.717, 1.165) is 55.7 Å². The number of aryl methyl sites for hydroxylation is 1. The van der Waals surface area contributed by atoms with Crippen molar-refractivity contribution in [1.29, 1.82) is 0 Å². The monoisotopic (exact) mass is 309 g/mol. The van der Waals surface area contributed by atoms with Crippen molar-refractivity contribution in [2.75, 3.05) is 37.8 Å². The first kappa shape index (κ1) is 14.9. The number of rotatable bonds is 5. The first-order valence-electron chi connectivity index (χ1n) is 7.59. The van der Waals surface area contributed by atoms with Gasteiger partial charge in [0.1, 0.15) is 5.01 Å². The zero-order valence-electron chi connectivity index (χ0n) is 12.6. The summed E-state index contributed by atoms with van der Waals surface area (Å²) in [5.74, 6) is 0. The van der Waals surface area contributed by atoms with E-state index in [4.69, 9.17) is 9.47 Å². The standard InChI is InChI=1S/C15H23N3O2S/c1-3-8-19-11-15-6-4-9-20-13(15)5-7-18(10-15)14-17-16-12(2)21-14/h3,13H,1,4-11H2,2H3/t13-,15-/m0/s1. The zero-order chi connectivity index (χ0) is 14.7. The Bertz CT molecular complexity index is 493. The molecule has 3 rings (SSSR count). The molecule has 2 fully saturated rings. The second-order valence-corrected chi connectivity index (χ2v) is 7.10. The first-order chi connectivity index (χ1) is 10.2. The molecule has 1 aromatic heterocycles. The van der Waals surface area contributed by atoms with Gasteiger partial charge in [-0.1, -0.05) is 17.4 Å². The summed E-state index contributed by atoms with van der Waals surface area (Å²) in [5, 5.41) is 10.5. The van der Waals surface area contributed by atoms with Crippen molar-refractivity contribution in [3.63, 3.8) is 0 Å². The van der Waals surface area contributed by atoms with Gasteiger partial charge in [-0.25, -0.2) is 0 Å².